The number of aryl methyl sites for hydroxylation is 2. The molecule has 0 radical (unpaired) electrons. The first kappa shape index (κ1) is 20.7. The van der Waals surface area contributed by atoms with Crippen molar-refractivity contribution in [3.8, 4) is 0 Å². The Bertz CT molecular complexity index is 1000. The van der Waals surface area contributed by atoms with Crippen LogP contribution in [-0.2, 0) is 16.0 Å². The first-order chi connectivity index (χ1) is 14.0. The van der Waals surface area contributed by atoms with Crippen LogP contribution in [0.3, 0.4) is 0 Å². The number of hydrogen-bond acceptors (Lipinski definition) is 3. The van der Waals surface area contributed by atoms with E-state index in [2.05, 4.69) is 10.6 Å². The zero-order valence-electron chi connectivity index (χ0n) is 16.6. The summed E-state index contributed by atoms with van der Waals surface area (Å²) in [5.41, 5.74) is 4.69. The number of anilines is 2. The van der Waals surface area contributed by atoms with Crippen LogP contribution < -0.4 is 10.6 Å². The van der Waals surface area contributed by atoms with Crippen molar-refractivity contribution in [2.75, 3.05) is 16.4 Å². The van der Waals surface area contributed by atoms with E-state index >= 15 is 0 Å². The van der Waals surface area contributed by atoms with Gasteiger partial charge in [-0.2, -0.15) is 0 Å². The van der Waals surface area contributed by atoms with Gasteiger partial charge < -0.3 is 10.6 Å². The van der Waals surface area contributed by atoms with Gasteiger partial charge in [-0.05, 0) is 54.8 Å². The summed E-state index contributed by atoms with van der Waals surface area (Å²) in [7, 11) is 0. The highest BCUT2D eigenvalue weighted by Gasteiger charge is 2.08. The summed E-state index contributed by atoms with van der Waals surface area (Å²) in [6.45, 7) is 3.98. The van der Waals surface area contributed by atoms with E-state index in [1.165, 1.54) is 11.8 Å². The lowest BCUT2D eigenvalue weighted by molar-refractivity contribution is -0.115. The van der Waals surface area contributed by atoms with Crippen LogP contribution in [0.25, 0.3) is 0 Å². The van der Waals surface area contributed by atoms with Crippen molar-refractivity contribution in [2.45, 2.75) is 25.2 Å². The van der Waals surface area contributed by atoms with Crippen LogP contribution in [0, 0.1) is 13.8 Å². The minimum Gasteiger partial charge on any atom is -0.326 e. The van der Waals surface area contributed by atoms with Crippen LogP contribution >= 0.6 is 11.8 Å². The van der Waals surface area contributed by atoms with Crippen LogP contribution in [-0.4, -0.2) is 17.6 Å². The summed E-state index contributed by atoms with van der Waals surface area (Å²) in [6, 6.07) is 23.2. The van der Waals surface area contributed by atoms with E-state index in [0.29, 0.717) is 12.2 Å². The summed E-state index contributed by atoms with van der Waals surface area (Å²) in [4.78, 5) is 25.5. The molecule has 0 bridgehead atoms. The number of amides is 2. The molecule has 0 aliphatic rings. The number of benzene rings is 3. The Morgan fingerprint density at radius 2 is 1.62 bits per heavy atom. The molecule has 148 valence electrons. The van der Waals surface area contributed by atoms with Gasteiger partial charge in [-0.25, -0.2) is 0 Å². The van der Waals surface area contributed by atoms with Crippen molar-refractivity contribution in [1.29, 1.82) is 0 Å². The smallest absolute Gasteiger partial charge is 0.234 e. The Kier molecular flexibility index (Phi) is 7.09. The number of thioether (sulfide) groups is 1. The molecular formula is C24H24N2O2S. The highest BCUT2D eigenvalue weighted by atomic mass is 32.2. The van der Waals surface area contributed by atoms with Crippen LogP contribution in [0.1, 0.15) is 16.7 Å². The molecule has 5 heteroatoms. The SMILES string of the molecule is Cc1ccc(C)c(NC(=O)CSc2cccc(NC(=O)Cc3ccccc3)c2)c1. The lowest BCUT2D eigenvalue weighted by atomic mass is 10.1. The van der Waals surface area contributed by atoms with E-state index in [-0.39, 0.29) is 11.8 Å². The van der Waals surface area contributed by atoms with Crippen LogP contribution in [0.5, 0.6) is 0 Å². The van der Waals surface area contributed by atoms with Crippen molar-refractivity contribution >= 4 is 35.0 Å². The molecule has 2 N–H and O–H groups in total. The Balaban J connectivity index is 1.53. The second-order valence-electron chi connectivity index (χ2n) is 6.89. The molecule has 0 fully saturated rings. The zero-order valence-corrected chi connectivity index (χ0v) is 17.4. The third-order valence-electron chi connectivity index (χ3n) is 4.36. The van der Waals surface area contributed by atoms with E-state index in [0.717, 1.165) is 33.0 Å². The van der Waals surface area contributed by atoms with Gasteiger partial charge in [0.15, 0.2) is 0 Å². The molecule has 29 heavy (non-hydrogen) atoms. The molecule has 0 saturated carbocycles. The number of carbonyl (C=O) groups is 2. The molecule has 3 aromatic carbocycles. The average molecular weight is 405 g/mol. The van der Waals surface area contributed by atoms with Gasteiger partial charge in [-0.3, -0.25) is 9.59 Å². The average Bonchev–Trinajstić information content (AvgIpc) is 2.70. The maximum atomic E-state index is 12.3. The summed E-state index contributed by atoms with van der Waals surface area (Å²) >= 11 is 1.44. The summed E-state index contributed by atoms with van der Waals surface area (Å²) in [6.07, 6.45) is 0.330. The minimum absolute atomic E-state index is 0.0535. The van der Waals surface area contributed by atoms with Gasteiger partial charge in [-0.1, -0.05) is 48.5 Å². The molecule has 0 heterocycles. The fourth-order valence-electron chi connectivity index (χ4n) is 2.86. The van der Waals surface area contributed by atoms with Crippen molar-refractivity contribution in [3.63, 3.8) is 0 Å². The van der Waals surface area contributed by atoms with E-state index in [1.54, 1.807) is 0 Å². The molecule has 3 rings (SSSR count). The highest BCUT2D eigenvalue weighted by molar-refractivity contribution is 8.00. The topological polar surface area (TPSA) is 58.2 Å². The molecule has 4 nitrogen and oxygen atoms in total. The molecule has 0 aliphatic carbocycles. The standard InChI is InChI=1S/C24H24N2O2S/c1-17-11-12-18(2)22(13-17)26-24(28)16-29-21-10-6-9-20(15-21)25-23(27)14-19-7-4-3-5-8-19/h3-13,15H,14,16H2,1-2H3,(H,25,27)(H,26,28). The van der Waals surface area contributed by atoms with Crippen molar-refractivity contribution in [2.24, 2.45) is 0 Å². The fraction of sp³-hybridized carbons (Fsp3) is 0.167. The maximum absolute atomic E-state index is 12.3. The van der Waals surface area contributed by atoms with Gasteiger partial charge in [-0.15, -0.1) is 11.8 Å². The largest absolute Gasteiger partial charge is 0.326 e. The second-order valence-corrected chi connectivity index (χ2v) is 7.94. The molecule has 0 aromatic heterocycles. The first-order valence-electron chi connectivity index (χ1n) is 9.43. The van der Waals surface area contributed by atoms with Crippen LogP contribution in [0.4, 0.5) is 11.4 Å². The molecule has 0 spiro atoms. The summed E-state index contributed by atoms with van der Waals surface area (Å²) in [5, 5.41) is 5.89. The van der Waals surface area contributed by atoms with Crippen molar-refractivity contribution in [1.82, 2.24) is 0 Å². The van der Waals surface area contributed by atoms with Gasteiger partial charge in [0.25, 0.3) is 0 Å². The highest BCUT2D eigenvalue weighted by Crippen LogP contribution is 2.23. The van der Waals surface area contributed by atoms with Crippen molar-refractivity contribution < 1.29 is 9.59 Å². The maximum Gasteiger partial charge on any atom is 0.234 e. The Morgan fingerprint density at radius 3 is 2.41 bits per heavy atom. The van der Waals surface area contributed by atoms with E-state index in [9.17, 15) is 9.59 Å². The zero-order chi connectivity index (χ0) is 20.6. The van der Waals surface area contributed by atoms with Crippen molar-refractivity contribution in [3.05, 3.63) is 89.5 Å². The van der Waals surface area contributed by atoms with Gasteiger partial charge in [0.2, 0.25) is 11.8 Å². The van der Waals surface area contributed by atoms with Gasteiger partial charge >= 0.3 is 0 Å². The second kappa shape index (κ2) is 9.94. The van der Waals surface area contributed by atoms with E-state index in [1.807, 2.05) is 86.6 Å². The van der Waals surface area contributed by atoms with Gasteiger partial charge in [0, 0.05) is 16.3 Å². The third kappa shape index (κ3) is 6.50. The Labute approximate surface area is 175 Å². The van der Waals surface area contributed by atoms with Gasteiger partial charge in [0.05, 0.1) is 12.2 Å². The van der Waals surface area contributed by atoms with Crippen LogP contribution in [0.15, 0.2) is 77.7 Å². The van der Waals surface area contributed by atoms with E-state index in [4.69, 9.17) is 0 Å². The fourth-order valence-corrected chi connectivity index (χ4v) is 3.61. The number of carbonyl (C=O) groups excluding carboxylic acids is 2. The lowest BCUT2D eigenvalue weighted by Crippen LogP contribution is -2.15. The number of hydrogen-bond donors (Lipinski definition) is 2. The Morgan fingerprint density at radius 1 is 0.828 bits per heavy atom. The summed E-state index contributed by atoms with van der Waals surface area (Å²) < 4.78 is 0. The monoisotopic (exact) mass is 404 g/mol. The lowest BCUT2D eigenvalue weighted by Gasteiger charge is -2.10. The molecule has 0 aliphatic heterocycles. The normalized spacial score (nSPS) is 10.4. The quantitative estimate of drug-likeness (QED) is 0.531. The molecule has 3 aromatic rings. The molecule has 0 atom stereocenters. The molecule has 0 unspecified atom stereocenters. The molecular weight excluding hydrogens is 380 g/mol. The van der Waals surface area contributed by atoms with Crippen LogP contribution in [0.2, 0.25) is 0 Å². The first-order valence-corrected chi connectivity index (χ1v) is 10.4. The summed E-state index contributed by atoms with van der Waals surface area (Å²) in [5.74, 6) is 0.183. The third-order valence-corrected chi connectivity index (χ3v) is 5.36. The Hall–Kier alpha value is -3.05. The minimum atomic E-state index is -0.0639. The number of nitrogens with one attached hydrogen (secondary N) is 2. The predicted molar refractivity (Wildman–Crippen MR) is 120 cm³/mol. The molecule has 2 amide bonds. The molecule has 0 saturated heterocycles. The van der Waals surface area contributed by atoms with Gasteiger partial charge in [0.1, 0.15) is 0 Å². The predicted octanol–water partition coefficient (Wildman–Crippen LogP) is 5.22. The van der Waals surface area contributed by atoms with E-state index < -0.39 is 0 Å². The number of rotatable bonds is 7.